The summed E-state index contributed by atoms with van der Waals surface area (Å²) in [6.07, 6.45) is -3.41. The quantitative estimate of drug-likeness (QED) is 0.597. The summed E-state index contributed by atoms with van der Waals surface area (Å²) in [5.41, 5.74) is 0.0552. The van der Waals surface area contributed by atoms with E-state index in [1.54, 1.807) is 20.8 Å². The number of alkyl halides is 3. The molecule has 1 heterocycles. The van der Waals surface area contributed by atoms with Crippen molar-refractivity contribution in [1.29, 1.82) is 0 Å². The van der Waals surface area contributed by atoms with Crippen molar-refractivity contribution < 1.29 is 22.4 Å². The second-order valence-electron chi connectivity index (χ2n) is 5.27. The van der Waals surface area contributed by atoms with E-state index in [0.717, 1.165) is 12.3 Å². The molecule has 0 aliphatic heterocycles. The van der Waals surface area contributed by atoms with Crippen molar-refractivity contribution in [2.24, 2.45) is 5.92 Å². The molecule has 0 aliphatic carbocycles. The average molecular weight is 306 g/mol. The SMILES string of the molecule is CC(CN(CC(F)(F)F)C(C)C)C(=O)c1ccc(F)cn1. The molecule has 0 radical (unpaired) electrons. The molecule has 1 unspecified atom stereocenters. The molecule has 1 aromatic heterocycles. The summed E-state index contributed by atoms with van der Waals surface area (Å²) >= 11 is 0. The Hall–Kier alpha value is -1.50. The standard InChI is InChI=1S/C14H18F4N2O/c1-9(2)20(8-14(16,17)18)7-10(3)13(21)12-5-4-11(15)6-19-12/h4-6,9-10H,7-8H2,1-3H3. The molecule has 1 aromatic rings. The molecule has 1 atom stereocenters. The molecule has 0 N–H and O–H groups in total. The van der Waals surface area contributed by atoms with Crippen molar-refractivity contribution in [3.8, 4) is 0 Å². The minimum absolute atomic E-state index is 0.0327. The Bertz CT molecular complexity index is 471. The van der Waals surface area contributed by atoms with Crippen LogP contribution in [0.3, 0.4) is 0 Å². The zero-order valence-corrected chi connectivity index (χ0v) is 12.1. The summed E-state index contributed by atoms with van der Waals surface area (Å²) in [4.78, 5) is 16.9. The molecule has 0 amide bonds. The first-order valence-electron chi connectivity index (χ1n) is 6.56. The van der Waals surface area contributed by atoms with E-state index >= 15 is 0 Å². The van der Waals surface area contributed by atoms with Gasteiger partial charge in [0.1, 0.15) is 11.5 Å². The lowest BCUT2D eigenvalue weighted by molar-refractivity contribution is -0.150. The Morgan fingerprint density at radius 1 is 1.29 bits per heavy atom. The molecule has 118 valence electrons. The van der Waals surface area contributed by atoms with E-state index in [1.165, 1.54) is 11.0 Å². The maximum Gasteiger partial charge on any atom is 0.401 e. The predicted molar refractivity (Wildman–Crippen MR) is 70.5 cm³/mol. The zero-order valence-electron chi connectivity index (χ0n) is 12.1. The number of carbonyl (C=O) groups excluding carboxylic acids is 1. The van der Waals surface area contributed by atoms with Crippen LogP contribution in [0.5, 0.6) is 0 Å². The van der Waals surface area contributed by atoms with Gasteiger partial charge in [0.15, 0.2) is 5.78 Å². The molecule has 0 spiro atoms. The van der Waals surface area contributed by atoms with E-state index in [2.05, 4.69) is 4.98 Å². The smallest absolute Gasteiger partial charge is 0.292 e. The minimum Gasteiger partial charge on any atom is -0.292 e. The highest BCUT2D eigenvalue weighted by molar-refractivity contribution is 5.95. The van der Waals surface area contributed by atoms with Gasteiger partial charge in [0.05, 0.1) is 12.7 Å². The maximum absolute atomic E-state index is 12.7. The lowest BCUT2D eigenvalue weighted by Gasteiger charge is -2.29. The fourth-order valence-corrected chi connectivity index (χ4v) is 1.90. The molecule has 0 bridgehead atoms. The molecule has 1 rings (SSSR count). The first-order valence-corrected chi connectivity index (χ1v) is 6.56. The fourth-order valence-electron chi connectivity index (χ4n) is 1.90. The highest BCUT2D eigenvalue weighted by Gasteiger charge is 2.33. The number of carbonyl (C=O) groups is 1. The summed E-state index contributed by atoms with van der Waals surface area (Å²) in [6, 6.07) is 1.99. The van der Waals surface area contributed by atoms with Crippen LogP contribution in [0.1, 0.15) is 31.3 Å². The first-order chi connectivity index (χ1) is 9.60. The molecular formula is C14H18F4N2O. The summed E-state index contributed by atoms with van der Waals surface area (Å²) in [5, 5.41) is 0. The number of ketones is 1. The Kier molecular flexibility index (Phi) is 5.83. The van der Waals surface area contributed by atoms with Gasteiger partial charge in [0.25, 0.3) is 0 Å². The van der Waals surface area contributed by atoms with Crippen LogP contribution in [-0.2, 0) is 0 Å². The normalized spacial score (nSPS) is 13.8. The molecule has 0 aromatic carbocycles. The molecule has 3 nitrogen and oxygen atoms in total. The topological polar surface area (TPSA) is 33.2 Å². The monoisotopic (exact) mass is 306 g/mol. The van der Waals surface area contributed by atoms with Gasteiger partial charge < -0.3 is 0 Å². The summed E-state index contributed by atoms with van der Waals surface area (Å²) in [5.74, 6) is -1.63. The van der Waals surface area contributed by atoms with E-state index in [9.17, 15) is 22.4 Å². The van der Waals surface area contributed by atoms with E-state index < -0.39 is 30.2 Å². The van der Waals surface area contributed by atoms with Gasteiger partial charge >= 0.3 is 6.18 Å². The summed E-state index contributed by atoms with van der Waals surface area (Å²) in [7, 11) is 0. The van der Waals surface area contributed by atoms with Gasteiger partial charge in [-0.2, -0.15) is 13.2 Å². The minimum atomic E-state index is -4.32. The Labute approximate surface area is 121 Å². The highest BCUT2D eigenvalue weighted by atomic mass is 19.4. The van der Waals surface area contributed by atoms with Crippen LogP contribution in [0.25, 0.3) is 0 Å². The summed E-state index contributed by atoms with van der Waals surface area (Å²) < 4.78 is 50.3. The van der Waals surface area contributed by atoms with Gasteiger partial charge in [-0.3, -0.25) is 14.7 Å². The maximum atomic E-state index is 12.7. The van der Waals surface area contributed by atoms with Gasteiger partial charge in [-0.05, 0) is 26.0 Å². The molecule has 0 aliphatic rings. The van der Waals surface area contributed by atoms with Crippen molar-refractivity contribution in [3.63, 3.8) is 0 Å². The van der Waals surface area contributed by atoms with Crippen LogP contribution in [0.4, 0.5) is 17.6 Å². The number of nitrogens with zero attached hydrogens (tertiary/aromatic N) is 2. The Morgan fingerprint density at radius 2 is 1.90 bits per heavy atom. The van der Waals surface area contributed by atoms with E-state index in [0.29, 0.717) is 0 Å². The van der Waals surface area contributed by atoms with Crippen LogP contribution < -0.4 is 0 Å². The van der Waals surface area contributed by atoms with Crippen LogP contribution in [0, 0.1) is 11.7 Å². The zero-order chi connectivity index (χ0) is 16.2. The van der Waals surface area contributed by atoms with Crippen molar-refractivity contribution in [3.05, 3.63) is 29.8 Å². The number of halogens is 4. The second-order valence-corrected chi connectivity index (χ2v) is 5.27. The summed E-state index contributed by atoms with van der Waals surface area (Å²) in [6.45, 7) is 3.71. The second kappa shape index (κ2) is 6.98. The third-order valence-electron chi connectivity index (χ3n) is 3.05. The fraction of sp³-hybridized carbons (Fsp3) is 0.571. The van der Waals surface area contributed by atoms with Gasteiger partial charge in [0, 0.05) is 18.5 Å². The Balaban J connectivity index is 2.74. The Morgan fingerprint density at radius 3 is 2.33 bits per heavy atom. The van der Waals surface area contributed by atoms with E-state index in [-0.39, 0.29) is 18.3 Å². The van der Waals surface area contributed by atoms with Gasteiger partial charge in [0.2, 0.25) is 0 Å². The largest absolute Gasteiger partial charge is 0.401 e. The molecule has 0 saturated heterocycles. The van der Waals surface area contributed by atoms with Crippen LogP contribution in [0.15, 0.2) is 18.3 Å². The van der Waals surface area contributed by atoms with Crippen molar-refractivity contribution in [1.82, 2.24) is 9.88 Å². The van der Waals surface area contributed by atoms with Crippen molar-refractivity contribution >= 4 is 5.78 Å². The number of pyridine rings is 1. The number of rotatable bonds is 6. The third kappa shape index (κ3) is 5.79. The first kappa shape index (κ1) is 17.6. The lowest BCUT2D eigenvalue weighted by atomic mass is 10.0. The van der Waals surface area contributed by atoms with Crippen molar-refractivity contribution in [2.75, 3.05) is 13.1 Å². The van der Waals surface area contributed by atoms with Crippen molar-refractivity contribution in [2.45, 2.75) is 33.0 Å². The molecule has 21 heavy (non-hydrogen) atoms. The number of Topliss-reactive ketones (excluding diaryl/α,β-unsaturated/α-hetero) is 1. The molecular weight excluding hydrogens is 288 g/mol. The molecule has 0 fully saturated rings. The number of aromatic nitrogens is 1. The number of hydrogen-bond acceptors (Lipinski definition) is 3. The average Bonchev–Trinajstić information content (AvgIpc) is 2.36. The number of hydrogen-bond donors (Lipinski definition) is 0. The van der Waals surface area contributed by atoms with Gasteiger partial charge in [-0.25, -0.2) is 4.39 Å². The molecule has 7 heteroatoms. The lowest BCUT2D eigenvalue weighted by Crippen LogP contribution is -2.42. The predicted octanol–water partition coefficient (Wildman–Crippen LogP) is 3.31. The van der Waals surface area contributed by atoms with Crippen LogP contribution >= 0.6 is 0 Å². The third-order valence-corrected chi connectivity index (χ3v) is 3.05. The highest BCUT2D eigenvalue weighted by Crippen LogP contribution is 2.20. The van der Waals surface area contributed by atoms with Crippen LogP contribution in [0.2, 0.25) is 0 Å². The van der Waals surface area contributed by atoms with E-state index in [4.69, 9.17) is 0 Å². The molecule has 0 saturated carbocycles. The van der Waals surface area contributed by atoms with Gasteiger partial charge in [-0.15, -0.1) is 0 Å². The van der Waals surface area contributed by atoms with Gasteiger partial charge in [-0.1, -0.05) is 6.92 Å². The van der Waals surface area contributed by atoms with Crippen LogP contribution in [-0.4, -0.2) is 41.0 Å². The van der Waals surface area contributed by atoms with E-state index in [1.807, 2.05) is 0 Å².